The molecule has 1 fully saturated rings. The third-order valence-corrected chi connectivity index (χ3v) is 3.27. The van der Waals surface area contributed by atoms with Gasteiger partial charge in [-0.2, -0.15) is 0 Å². The molecule has 1 saturated heterocycles. The highest BCUT2D eigenvalue weighted by Crippen LogP contribution is 2.21. The summed E-state index contributed by atoms with van der Waals surface area (Å²) in [5, 5.41) is 3.66. The van der Waals surface area contributed by atoms with E-state index in [0.717, 1.165) is 18.5 Å². The third-order valence-electron chi connectivity index (χ3n) is 3.27. The molecule has 0 aromatic rings. The van der Waals surface area contributed by atoms with Crippen molar-refractivity contribution in [3.05, 3.63) is 0 Å². The number of hydrogen-bond donors (Lipinski definition) is 1. The summed E-state index contributed by atoms with van der Waals surface area (Å²) in [5.74, 6) is 0.791. The van der Waals surface area contributed by atoms with Gasteiger partial charge in [0.15, 0.2) is 0 Å². The molecule has 0 spiro atoms. The van der Waals surface area contributed by atoms with Crippen LogP contribution in [0.4, 0.5) is 0 Å². The number of piperazine rings is 1. The minimum Gasteiger partial charge on any atom is -0.309 e. The molecule has 1 N–H and O–H groups in total. The Morgan fingerprint density at radius 2 is 1.87 bits per heavy atom. The topological polar surface area (TPSA) is 15.3 Å². The predicted molar refractivity (Wildman–Crippen MR) is 67.2 cm³/mol. The van der Waals surface area contributed by atoms with Crippen LogP contribution in [0, 0.1) is 5.92 Å². The highest BCUT2D eigenvalue weighted by molar-refractivity contribution is 4.93. The van der Waals surface area contributed by atoms with Crippen LogP contribution in [0.3, 0.4) is 0 Å². The largest absolute Gasteiger partial charge is 0.309 e. The van der Waals surface area contributed by atoms with Gasteiger partial charge in [0.2, 0.25) is 0 Å². The predicted octanol–water partition coefficient (Wildman–Crippen LogP) is 2.49. The van der Waals surface area contributed by atoms with E-state index in [-0.39, 0.29) is 5.54 Å². The first-order valence-electron chi connectivity index (χ1n) is 6.32. The van der Waals surface area contributed by atoms with Gasteiger partial charge in [0, 0.05) is 30.7 Å². The maximum Gasteiger partial charge on any atom is 0.0253 e. The highest BCUT2D eigenvalue weighted by Gasteiger charge is 2.33. The van der Waals surface area contributed by atoms with E-state index in [4.69, 9.17) is 0 Å². The van der Waals surface area contributed by atoms with Crippen molar-refractivity contribution in [2.24, 2.45) is 5.92 Å². The Kier molecular flexibility index (Phi) is 4.19. The Hall–Kier alpha value is -0.0800. The average Bonchev–Trinajstić information content (AvgIpc) is 2.07. The van der Waals surface area contributed by atoms with E-state index in [2.05, 4.69) is 51.8 Å². The van der Waals surface area contributed by atoms with Gasteiger partial charge < -0.3 is 5.32 Å². The van der Waals surface area contributed by atoms with E-state index < -0.39 is 0 Å². The number of hydrogen-bond acceptors (Lipinski definition) is 2. The lowest BCUT2D eigenvalue weighted by Gasteiger charge is -2.47. The van der Waals surface area contributed by atoms with Crippen molar-refractivity contribution in [3.63, 3.8) is 0 Å². The van der Waals surface area contributed by atoms with Gasteiger partial charge in [-0.1, -0.05) is 13.8 Å². The Morgan fingerprint density at radius 1 is 1.27 bits per heavy atom. The molecule has 2 heteroatoms. The van der Waals surface area contributed by atoms with Gasteiger partial charge in [0.1, 0.15) is 0 Å². The van der Waals surface area contributed by atoms with Gasteiger partial charge in [-0.15, -0.1) is 0 Å². The maximum atomic E-state index is 3.66. The second-order valence-corrected chi connectivity index (χ2v) is 6.31. The van der Waals surface area contributed by atoms with Crippen LogP contribution in [0.1, 0.15) is 48.0 Å². The van der Waals surface area contributed by atoms with Crippen LogP contribution in [-0.2, 0) is 0 Å². The van der Waals surface area contributed by atoms with Crippen molar-refractivity contribution in [3.8, 4) is 0 Å². The summed E-state index contributed by atoms with van der Waals surface area (Å²) in [6, 6.07) is 1.38. The quantitative estimate of drug-likeness (QED) is 0.773. The molecule has 0 aromatic carbocycles. The van der Waals surface area contributed by atoms with Crippen LogP contribution in [0.25, 0.3) is 0 Å². The summed E-state index contributed by atoms with van der Waals surface area (Å²) in [5.41, 5.74) is 0.276. The summed E-state index contributed by atoms with van der Waals surface area (Å²) in [4.78, 5) is 2.66. The van der Waals surface area contributed by atoms with Gasteiger partial charge in [-0.25, -0.2) is 0 Å². The third kappa shape index (κ3) is 3.76. The van der Waals surface area contributed by atoms with Gasteiger partial charge in [-0.3, -0.25) is 4.90 Å². The molecule has 0 aliphatic carbocycles. The lowest BCUT2D eigenvalue weighted by Crippen LogP contribution is -2.63. The molecule has 0 saturated carbocycles. The molecule has 0 radical (unpaired) electrons. The van der Waals surface area contributed by atoms with E-state index in [9.17, 15) is 0 Å². The average molecular weight is 212 g/mol. The van der Waals surface area contributed by atoms with E-state index in [1.54, 1.807) is 0 Å². The van der Waals surface area contributed by atoms with Crippen molar-refractivity contribution in [2.75, 3.05) is 13.1 Å². The summed E-state index contributed by atoms with van der Waals surface area (Å²) in [6.45, 7) is 16.2. The van der Waals surface area contributed by atoms with Gasteiger partial charge >= 0.3 is 0 Å². The van der Waals surface area contributed by atoms with Crippen LogP contribution in [0.15, 0.2) is 0 Å². The summed E-state index contributed by atoms with van der Waals surface area (Å²) >= 11 is 0. The van der Waals surface area contributed by atoms with E-state index in [1.165, 1.54) is 13.0 Å². The summed E-state index contributed by atoms with van der Waals surface area (Å²) < 4.78 is 0. The molecular formula is C13H28N2. The molecule has 90 valence electrons. The molecule has 1 rings (SSSR count). The first-order chi connectivity index (χ1) is 6.82. The van der Waals surface area contributed by atoms with E-state index >= 15 is 0 Å². The molecule has 0 aromatic heterocycles. The monoisotopic (exact) mass is 212 g/mol. The SMILES string of the molecule is CC(C)CC1CNC(C)(C)CN1C(C)C. The Balaban J connectivity index is 2.63. The van der Waals surface area contributed by atoms with Crippen molar-refractivity contribution in [2.45, 2.75) is 65.6 Å². The van der Waals surface area contributed by atoms with Crippen LogP contribution in [0.5, 0.6) is 0 Å². The fourth-order valence-electron chi connectivity index (χ4n) is 2.52. The molecule has 2 nitrogen and oxygen atoms in total. The van der Waals surface area contributed by atoms with Crippen LogP contribution < -0.4 is 5.32 Å². The van der Waals surface area contributed by atoms with Crippen molar-refractivity contribution >= 4 is 0 Å². The normalized spacial score (nSPS) is 27.6. The van der Waals surface area contributed by atoms with Gasteiger partial charge in [0.05, 0.1) is 0 Å². The van der Waals surface area contributed by atoms with Gasteiger partial charge in [-0.05, 0) is 40.0 Å². The Bertz CT molecular complexity index is 197. The molecule has 15 heavy (non-hydrogen) atoms. The fourth-order valence-corrected chi connectivity index (χ4v) is 2.52. The smallest absolute Gasteiger partial charge is 0.0253 e. The standard InChI is InChI=1S/C13H28N2/c1-10(2)7-12-8-14-13(5,6)9-15(12)11(3)4/h10-12,14H,7-9H2,1-6H3. The van der Waals surface area contributed by atoms with E-state index in [1.807, 2.05) is 0 Å². The zero-order valence-corrected chi connectivity index (χ0v) is 11.3. The molecule has 1 aliphatic heterocycles. The Labute approximate surface area is 95.4 Å². The molecule has 1 aliphatic rings. The van der Waals surface area contributed by atoms with Crippen LogP contribution >= 0.6 is 0 Å². The molecule has 0 amide bonds. The maximum absolute atomic E-state index is 3.66. The van der Waals surface area contributed by atoms with Crippen molar-refractivity contribution in [1.29, 1.82) is 0 Å². The molecule has 1 unspecified atom stereocenters. The second-order valence-electron chi connectivity index (χ2n) is 6.31. The van der Waals surface area contributed by atoms with Crippen LogP contribution in [-0.4, -0.2) is 35.6 Å². The fraction of sp³-hybridized carbons (Fsp3) is 1.00. The Morgan fingerprint density at radius 3 is 2.33 bits per heavy atom. The minimum absolute atomic E-state index is 0.276. The highest BCUT2D eigenvalue weighted by atomic mass is 15.3. The zero-order valence-electron chi connectivity index (χ0n) is 11.3. The molecule has 0 bridgehead atoms. The number of nitrogens with one attached hydrogen (secondary N) is 1. The molecule has 1 atom stereocenters. The second kappa shape index (κ2) is 4.84. The minimum atomic E-state index is 0.276. The number of rotatable bonds is 3. The summed E-state index contributed by atoms with van der Waals surface area (Å²) in [6.07, 6.45) is 1.31. The van der Waals surface area contributed by atoms with E-state index in [0.29, 0.717) is 6.04 Å². The van der Waals surface area contributed by atoms with Crippen molar-refractivity contribution in [1.82, 2.24) is 10.2 Å². The molecule has 1 heterocycles. The lowest BCUT2D eigenvalue weighted by molar-refractivity contribution is 0.0562. The van der Waals surface area contributed by atoms with Crippen LogP contribution in [0.2, 0.25) is 0 Å². The van der Waals surface area contributed by atoms with Crippen molar-refractivity contribution < 1.29 is 0 Å². The molecular weight excluding hydrogens is 184 g/mol. The number of nitrogens with zero attached hydrogens (tertiary/aromatic N) is 1. The lowest BCUT2D eigenvalue weighted by atomic mass is 9.93. The van der Waals surface area contributed by atoms with Gasteiger partial charge in [0.25, 0.3) is 0 Å². The summed E-state index contributed by atoms with van der Waals surface area (Å²) in [7, 11) is 0. The zero-order chi connectivity index (χ0) is 11.6. The first kappa shape index (κ1) is 13.0. The first-order valence-corrected chi connectivity index (χ1v) is 6.32.